The zero-order valence-corrected chi connectivity index (χ0v) is 11.2. The molecule has 0 aliphatic rings. The van der Waals surface area contributed by atoms with Crippen molar-refractivity contribution in [2.24, 2.45) is 5.14 Å². The first-order chi connectivity index (χ1) is 7.60. The van der Waals surface area contributed by atoms with Crippen LogP contribution in [0.1, 0.15) is 13.3 Å². The first kappa shape index (κ1) is 16.3. The standard InChI is InChI=1S/C7H16N2O6S2/c1-6(7(10)15-2)17(13,14)9-4-3-5-16(8,11)12/h6,9H,3-5H2,1-2H3,(H2,8,11,12). The number of ether oxygens (including phenoxy) is 1. The molecule has 0 heterocycles. The van der Waals surface area contributed by atoms with Gasteiger partial charge in [0.25, 0.3) is 0 Å². The number of hydrogen-bond donors (Lipinski definition) is 2. The maximum atomic E-state index is 11.5. The number of methoxy groups -OCH3 is 1. The van der Waals surface area contributed by atoms with Gasteiger partial charge in [0.15, 0.2) is 5.25 Å². The molecule has 3 N–H and O–H groups in total. The van der Waals surface area contributed by atoms with Crippen LogP contribution in [0.5, 0.6) is 0 Å². The predicted molar refractivity (Wildman–Crippen MR) is 61.0 cm³/mol. The van der Waals surface area contributed by atoms with E-state index < -0.39 is 31.3 Å². The minimum atomic E-state index is -3.85. The highest BCUT2D eigenvalue weighted by atomic mass is 32.2. The number of nitrogens with one attached hydrogen (secondary N) is 1. The minimum Gasteiger partial charge on any atom is -0.468 e. The largest absolute Gasteiger partial charge is 0.468 e. The Morgan fingerprint density at radius 2 is 1.88 bits per heavy atom. The molecule has 10 heteroatoms. The van der Waals surface area contributed by atoms with E-state index >= 15 is 0 Å². The van der Waals surface area contributed by atoms with Gasteiger partial charge < -0.3 is 4.74 Å². The van der Waals surface area contributed by atoms with Crippen molar-refractivity contribution in [2.45, 2.75) is 18.6 Å². The Labute approximate surface area is 101 Å². The van der Waals surface area contributed by atoms with Gasteiger partial charge in [-0.25, -0.2) is 26.7 Å². The maximum absolute atomic E-state index is 11.5. The molecular weight excluding hydrogens is 272 g/mol. The molecule has 0 spiro atoms. The van der Waals surface area contributed by atoms with Crippen molar-refractivity contribution in [3.63, 3.8) is 0 Å². The molecule has 0 aliphatic carbocycles. The normalized spacial score (nSPS) is 14.3. The number of nitrogens with two attached hydrogens (primary N) is 1. The molecular formula is C7H16N2O6S2. The molecule has 1 atom stereocenters. The summed E-state index contributed by atoms with van der Waals surface area (Å²) >= 11 is 0. The quantitative estimate of drug-likeness (QED) is 0.417. The van der Waals surface area contributed by atoms with Crippen molar-refractivity contribution in [2.75, 3.05) is 19.4 Å². The number of rotatable bonds is 7. The van der Waals surface area contributed by atoms with Gasteiger partial charge in [-0.15, -0.1) is 0 Å². The first-order valence-electron chi connectivity index (χ1n) is 4.67. The number of primary sulfonamides is 1. The third-order valence-corrected chi connectivity index (χ3v) is 4.49. The lowest BCUT2D eigenvalue weighted by molar-refractivity contribution is -0.139. The van der Waals surface area contributed by atoms with Crippen LogP contribution in [0.3, 0.4) is 0 Å². The van der Waals surface area contributed by atoms with Crippen LogP contribution in [0, 0.1) is 0 Å². The highest BCUT2D eigenvalue weighted by Gasteiger charge is 2.28. The van der Waals surface area contributed by atoms with E-state index in [-0.39, 0.29) is 18.7 Å². The lowest BCUT2D eigenvalue weighted by Gasteiger charge is -2.11. The highest BCUT2D eigenvalue weighted by molar-refractivity contribution is 7.90. The molecule has 0 radical (unpaired) electrons. The van der Waals surface area contributed by atoms with E-state index in [0.29, 0.717) is 0 Å². The fourth-order valence-electron chi connectivity index (χ4n) is 0.905. The van der Waals surface area contributed by atoms with Crippen molar-refractivity contribution in [3.05, 3.63) is 0 Å². The average Bonchev–Trinajstić information content (AvgIpc) is 2.21. The van der Waals surface area contributed by atoms with Crippen molar-refractivity contribution in [1.82, 2.24) is 4.72 Å². The maximum Gasteiger partial charge on any atom is 0.325 e. The third-order valence-electron chi connectivity index (χ3n) is 1.91. The smallest absolute Gasteiger partial charge is 0.325 e. The Balaban J connectivity index is 4.25. The summed E-state index contributed by atoms with van der Waals surface area (Å²) in [5, 5.41) is 3.39. The molecule has 1 unspecified atom stereocenters. The Morgan fingerprint density at radius 3 is 2.29 bits per heavy atom. The molecule has 0 amide bonds. The fraction of sp³-hybridized carbons (Fsp3) is 0.857. The van der Waals surface area contributed by atoms with E-state index in [4.69, 9.17) is 5.14 Å². The molecule has 0 saturated heterocycles. The molecule has 0 bridgehead atoms. The van der Waals surface area contributed by atoms with Gasteiger partial charge >= 0.3 is 5.97 Å². The lowest BCUT2D eigenvalue weighted by Crippen LogP contribution is -2.39. The molecule has 0 fully saturated rings. The summed E-state index contributed by atoms with van der Waals surface area (Å²) in [5.41, 5.74) is 0. The van der Waals surface area contributed by atoms with E-state index in [0.717, 1.165) is 7.11 Å². The molecule has 102 valence electrons. The second-order valence-corrected chi connectivity index (χ2v) is 7.15. The van der Waals surface area contributed by atoms with E-state index in [9.17, 15) is 21.6 Å². The monoisotopic (exact) mass is 288 g/mol. The van der Waals surface area contributed by atoms with Gasteiger partial charge in [0.1, 0.15) is 0 Å². The van der Waals surface area contributed by atoms with Gasteiger partial charge in [0.2, 0.25) is 20.0 Å². The van der Waals surface area contributed by atoms with Crippen molar-refractivity contribution in [3.8, 4) is 0 Å². The Morgan fingerprint density at radius 1 is 1.35 bits per heavy atom. The van der Waals surface area contributed by atoms with Gasteiger partial charge in [-0.1, -0.05) is 0 Å². The summed E-state index contributed by atoms with van der Waals surface area (Å²) in [4.78, 5) is 11.0. The summed E-state index contributed by atoms with van der Waals surface area (Å²) in [5.74, 6) is -1.22. The summed E-state index contributed by atoms with van der Waals surface area (Å²) in [6.45, 7) is 1.06. The SMILES string of the molecule is COC(=O)C(C)S(=O)(=O)NCCCS(N)(=O)=O. The van der Waals surface area contributed by atoms with Crippen molar-refractivity contribution < 1.29 is 26.4 Å². The zero-order valence-electron chi connectivity index (χ0n) is 9.54. The van der Waals surface area contributed by atoms with E-state index in [1.54, 1.807) is 0 Å². The van der Waals surface area contributed by atoms with Gasteiger partial charge in [-0.3, -0.25) is 4.79 Å². The van der Waals surface area contributed by atoms with Crippen LogP contribution in [0.15, 0.2) is 0 Å². The molecule has 0 rings (SSSR count). The van der Waals surface area contributed by atoms with Crippen LogP contribution < -0.4 is 9.86 Å². The Hall–Kier alpha value is -0.710. The van der Waals surface area contributed by atoms with Crippen LogP contribution in [-0.4, -0.2) is 47.5 Å². The first-order valence-corrected chi connectivity index (χ1v) is 7.93. The second-order valence-electron chi connectivity index (χ2n) is 3.33. The number of carbonyl (C=O) groups is 1. The number of carbonyl (C=O) groups excluding carboxylic acids is 1. The van der Waals surface area contributed by atoms with Crippen LogP contribution in [0.4, 0.5) is 0 Å². The lowest BCUT2D eigenvalue weighted by atomic mass is 10.5. The predicted octanol–water partition coefficient (Wildman–Crippen LogP) is -1.85. The molecule has 0 aromatic carbocycles. The van der Waals surface area contributed by atoms with Crippen LogP contribution >= 0.6 is 0 Å². The Bertz CT molecular complexity index is 455. The third kappa shape index (κ3) is 6.56. The minimum absolute atomic E-state index is 0.0337. The van der Waals surface area contributed by atoms with Crippen LogP contribution in [-0.2, 0) is 29.6 Å². The van der Waals surface area contributed by atoms with E-state index in [2.05, 4.69) is 9.46 Å². The van der Waals surface area contributed by atoms with Crippen molar-refractivity contribution in [1.29, 1.82) is 0 Å². The molecule has 0 saturated carbocycles. The molecule has 0 aromatic rings. The number of esters is 1. The fourth-order valence-corrected chi connectivity index (χ4v) is 2.48. The second kappa shape index (κ2) is 6.28. The molecule has 0 aromatic heterocycles. The van der Waals surface area contributed by atoms with Gasteiger partial charge in [-0.2, -0.15) is 0 Å². The summed E-state index contributed by atoms with van der Waals surface area (Å²) in [7, 11) is -6.38. The molecule has 8 nitrogen and oxygen atoms in total. The van der Waals surface area contributed by atoms with Crippen LogP contribution in [0.2, 0.25) is 0 Å². The summed E-state index contributed by atoms with van der Waals surface area (Å²) in [6.07, 6.45) is 0.0337. The molecule has 17 heavy (non-hydrogen) atoms. The number of hydrogen-bond acceptors (Lipinski definition) is 6. The summed E-state index contributed by atoms with van der Waals surface area (Å²) < 4.78 is 50.4. The summed E-state index contributed by atoms with van der Waals surface area (Å²) in [6, 6.07) is 0. The van der Waals surface area contributed by atoms with Crippen molar-refractivity contribution >= 4 is 26.0 Å². The molecule has 0 aliphatic heterocycles. The van der Waals surface area contributed by atoms with Gasteiger partial charge in [0.05, 0.1) is 12.9 Å². The average molecular weight is 288 g/mol. The number of sulfonamides is 2. The van der Waals surface area contributed by atoms with Gasteiger partial charge in [0, 0.05) is 6.54 Å². The van der Waals surface area contributed by atoms with Gasteiger partial charge in [-0.05, 0) is 13.3 Å². The zero-order chi connectivity index (χ0) is 13.7. The van der Waals surface area contributed by atoms with E-state index in [1.165, 1.54) is 6.92 Å². The van der Waals surface area contributed by atoms with E-state index in [1.807, 2.05) is 0 Å². The topological polar surface area (TPSA) is 133 Å². The Kier molecular flexibility index (Phi) is 6.02. The van der Waals surface area contributed by atoms with Crippen LogP contribution in [0.25, 0.3) is 0 Å². The highest BCUT2D eigenvalue weighted by Crippen LogP contribution is 2.00.